The highest BCUT2D eigenvalue weighted by molar-refractivity contribution is 7.99. The predicted molar refractivity (Wildman–Crippen MR) is 79.2 cm³/mol. The van der Waals surface area contributed by atoms with E-state index in [1.807, 2.05) is 0 Å². The Kier molecular flexibility index (Phi) is 5.72. The molecule has 0 spiro atoms. The van der Waals surface area contributed by atoms with E-state index in [4.69, 9.17) is 0 Å². The van der Waals surface area contributed by atoms with Crippen LogP contribution in [0.3, 0.4) is 0 Å². The molecule has 0 saturated carbocycles. The summed E-state index contributed by atoms with van der Waals surface area (Å²) in [4.78, 5) is 17.1. The van der Waals surface area contributed by atoms with E-state index < -0.39 is 0 Å². The van der Waals surface area contributed by atoms with Crippen molar-refractivity contribution in [3.8, 4) is 5.95 Å². The Balaban J connectivity index is 2.19. The molecule has 0 aromatic carbocycles. The normalized spacial score (nSPS) is 10.7. The van der Waals surface area contributed by atoms with Crippen molar-refractivity contribution < 1.29 is 0 Å². The molecule has 7 nitrogen and oxygen atoms in total. The molecule has 0 aliphatic rings. The third-order valence-corrected chi connectivity index (χ3v) is 3.42. The van der Waals surface area contributed by atoms with Gasteiger partial charge in [0, 0.05) is 12.3 Å². The Morgan fingerprint density at radius 1 is 1.20 bits per heavy atom. The number of hydrogen-bond acceptors (Lipinski definition) is 7. The fraction of sp³-hybridized carbons (Fsp3) is 0.583. The number of nitrogens with zero attached hydrogens (tertiary/aromatic N) is 6. The molecule has 0 saturated heterocycles. The summed E-state index contributed by atoms with van der Waals surface area (Å²) in [5, 5.41) is 7.97. The van der Waals surface area contributed by atoms with Gasteiger partial charge in [-0.15, -0.1) is 0 Å². The van der Waals surface area contributed by atoms with Gasteiger partial charge in [0.2, 0.25) is 5.95 Å². The van der Waals surface area contributed by atoms with E-state index in [0.717, 1.165) is 36.7 Å². The molecular formula is C12H19N7S. The van der Waals surface area contributed by atoms with Crippen molar-refractivity contribution in [2.75, 3.05) is 17.6 Å². The quantitative estimate of drug-likeness (QED) is 0.590. The maximum absolute atomic E-state index is 4.42. The van der Waals surface area contributed by atoms with Gasteiger partial charge >= 0.3 is 0 Å². The fourth-order valence-corrected chi connectivity index (χ4v) is 2.36. The number of nitrogens with one attached hydrogen (secondary N) is 1. The van der Waals surface area contributed by atoms with Gasteiger partial charge in [-0.1, -0.05) is 32.0 Å². The highest BCUT2D eigenvalue weighted by atomic mass is 32.2. The monoisotopic (exact) mass is 293 g/mol. The van der Waals surface area contributed by atoms with Gasteiger partial charge in [-0.2, -0.15) is 24.7 Å². The highest BCUT2D eigenvalue weighted by Crippen LogP contribution is 2.17. The van der Waals surface area contributed by atoms with Crippen LogP contribution in [0.4, 0.5) is 5.95 Å². The van der Waals surface area contributed by atoms with Gasteiger partial charge in [0.05, 0.1) is 0 Å². The van der Waals surface area contributed by atoms with Crippen molar-refractivity contribution in [3.05, 3.63) is 12.7 Å². The fourth-order valence-electron chi connectivity index (χ4n) is 1.45. The molecule has 0 amide bonds. The van der Waals surface area contributed by atoms with E-state index in [2.05, 4.69) is 44.2 Å². The smallest absolute Gasteiger partial charge is 0.257 e. The topological polar surface area (TPSA) is 81.4 Å². The SMILES string of the molecule is CCCCSc1nc(NCCC)nc(-n2cncn2)n1. The van der Waals surface area contributed by atoms with Gasteiger partial charge in [0.1, 0.15) is 12.7 Å². The lowest BCUT2D eigenvalue weighted by molar-refractivity contribution is 0.756. The Hall–Kier alpha value is -1.70. The number of anilines is 1. The molecule has 2 rings (SSSR count). The molecule has 2 aromatic heterocycles. The Bertz CT molecular complexity index is 515. The Morgan fingerprint density at radius 2 is 2.10 bits per heavy atom. The second kappa shape index (κ2) is 7.78. The van der Waals surface area contributed by atoms with Crippen LogP contribution in [-0.2, 0) is 0 Å². The first-order valence-corrected chi connectivity index (χ1v) is 7.79. The molecule has 0 bridgehead atoms. The van der Waals surface area contributed by atoms with Crippen LogP contribution in [-0.4, -0.2) is 42.0 Å². The summed E-state index contributed by atoms with van der Waals surface area (Å²) >= 11 is 1.64. The van der Waals surface area contributed by atoms with Gasteiger partial charge < -0.3 is 5.32 Å². The van der Waals surface area contributed by atoms with Crippen molar-refractivity contribution in [3.63, 3.8) is 0 Å². The molecule has 0 atom stereocenters. The van der Waals surface area contributed by atoms with Gasteiger partial charge in [-0.25, -0.2) is 4.98 Å². The highest BCUT2D eigenvalue weighted by Gasteiger charge is 2.08. The number of aromatic nitrogens is 6. The van der Waals surface area contributed by atoms with E-state index in [9.17, 15) is 0 Å². The minimum Gasteiger partial charge on any atom is -0.354 e. The molecule has 2 aromatic rings. The minimum atomic E-state index is 0.495. The van der Waals surface area contributed by atoms with Crippen LogP contribution in [0, 0.1) is 0 Å². The standard InChI is InChI=1S/C12H19N7S/c1-3-5-7-20-12-17-10(14-6-4-2)16-11(18-12)19-9-13-8-15-19/h8-9H,3-7H2,1-2H3,(H,14,16,17,18). The van der Waals surface area contributed by atoms with E-state index >= 15 is 0 Å². The first-order chi connectivity index (χ1) is 9.83. The lowest BCUT2D eigenvalue weighted by Gasteiger charge is -2.07. The van der Waals surface area contributed by atoms with Gasteiger partial charge in [-0.05, 0) is 12.8 Å². The van der Waals surface area contributed by atoms with Gasteiger partial charge in [0.15, 0.2) is 5.16 Å². The van der Waals surface area contributed by atoms with E-state index in [-0.39, 0.29) is 0 Å². The Morgan fingerprint density at radius 3 is 2.80 bits per heavy atom. The van der Waals surface area contributed by atoms with E-state index in [0.29, 0.717) is 11.9 Å². The van der Waals surface area contributed by atoms with Crippen LogP contribution in [0.15, 0.2) is 17.8 Å². The largest absolute Gasteiger partial charge is 0.354 e. The summed E-state index contributed by atoms with van der Waals surface area (Å²) in [5.74, 6) is 2.09. The van der Waals surface area contributed by atoms with Crippen LogP contribution in [0.2, 0.25) is 0 Å². The third-order valence-electron chi connectivity index (χ3n) is 2.49. The first kappa shape index (κ1) is 14.7. The zero-order valence-electron chi connectivity index (χ0n) is 11.8. The molecule has 108 valence electrons. The molecule has 8 heteroatoms. The van der Waals surface area contributed by atoms with Crippen LogP contribution in [0.25, 0.3) is 5.95 Å². The predicted octanol–water partition coefficient (Wildman–Crippen LogP) is 2.17. The lowest BCUT2D eigenvalue weighted by Crippen LogP contribution is -2.10. The summed E-state index contributed by atoms with van der Waals surface area (Å²) in [5.41, 5.74) is 0. The first-order valence-electron chi connectivity index (χ1n) is 6.81. The molecule has 0 unspecified atom stereocenters. The summed E-state index contributed by atoms with van der Waals surface area (Å²) in [6, 6.07) is 0. The average Bonchev–Trinajstić information content (AvgIpc) is 2.99. The van der Waals surface area contributed by atoms with Gasteiger partial charge in [0.25, 0.3) is 5.95 Å². The molecule has 0 aliphatic heterocycles. The molecule has 2 heterocycles. The number of unbranched alkanes of at least 4 members (excludes halogenated alkanes) is 1. The maximum atomic E-state index is 4.42. The van der Waals surface area contributed by atoms with E-state index in [1.165, 1.54) is 6.33 Å². The summed E-state index contributed by atoms with van der Waals surface area (Å²) in [7, 11) is 0. The zero-order valence-corrected chi connectivity index (χ0v) is 12.6. The van der Waals surface area contributed by atoms with Crippen LogP contribution >= 0.6 is 11.8 Å². The summed E-state index contributed by atoms with van der Waals surface area (Å²) in [6.07, 6.45) is 6.37. The molecular weight excluding hydrogens is 274 g/mol. The summed E-state index contributed by atoms with van der Waals surface area (Å²) in [6.45, 7) is 5.10. The lowest BCUT2D eigenvalue weighted by atomic mass is 10.4. The minimum absolute atomic E-state index is 0.495. The second-order valence-corrected chi connectivity index (χ2v) is 5.27. The van der Waals surface area contributed by atoms with E-state index in [1.54, 1.807) is 22.8 Å². The van der Waals surface area contributed by atoms with Crippen molar-refractivity contribution in [1.29, 1.82) is 0 Å². The summed E-state index contributed by atoms with van der Waals surface area (Å²) < 4.78 is 1.54. The van der Waals surface area contributed by atoms with Gasteiger partial charge in [-0.3, -0.25) is 0 Å². The molecule has 1 N–H and O–H groups in total. The number of rotatable bonds is 8. The van der Waals surface area contributed by atoms with Crippen molar-refractivity contribution >= 4 is 17.7 Å². The van der Waals surface area contributed by atoms with Crippen molar-refractivity contribution in [2.45, 2.75) is 38.3 Å². The van der Waals surface area contributed by atoms with Crippen molar-refractivity contribution in [1.82, 2.24) is 29.7 Å². The molecule has 20 heavy (non-hydrogen) atoms. The Labute approximate surface area is 122 Å². The van der Waals surface area contributed by atoms with Crippen molar-refractivity contribution in [2.24, 2.45) is 0 Å². The zero-order chi connectivity index (χ0) is 14.2. The van der Waals surface area contributed by atoms with Crippen LogP contribution in [0.5, 0.6) is 0 Å². The number of hydrogen-bond donors (Lipinski definition) is 1. The third kappa shape index (κ3) is 4.16. The second-order valence-electron chi connectivity index (χ2n) is 4.21. The number of thioether (sulfide) groups is 1. The average molecular weight is 293 g/mol. The van der Waals surface area contributed by atoms with Crippen LogP contribution in [0.1, 0.15) is 33.1 Å². The molecule has 0 radical (unpaired) electrons. The molecule has 0 fully saturated rings. The van der Waals surface area contributed by atoms with Crippen LogP contribution < -0.4 is 5.32 Å². The molecule has 0 aliphatic carbocycles. The maximum Gasteiger partial charge on any atom is 0.257 e.